The summed E-state index contributed by atoms with van der Waals surface area (Å²) in [5.74, 6) is 0. The average Bonchev–Trinajstić information content (AvgIpc) is 2.16. The fourth-order valence-electron chi connectivity index (χ4n) is 1.11. The molecule has 3 heteroatoms. The Labute approximate surface area is 73.8 Å². The molecule has 0 saturated carbocycles. The van der Waals surface area contributed by atoms with Crippen molar-refractivity contribution in [1.29, 1.82) is 0 Å². The van der Waals surface area contributed by atoms with Crippen LogP contribution in [0, 0.1) is 12.3 Å². The molecular weight excluding hydrogens is 150 g/mol. The first-order valence-corrected chi connectivity index (χ1v) is 4.25. The van der Waals surface area contributed by atoms with E-state index in [1.54, 1.807) is 0 Å². The van der Waals surface area contributed by atoms with Crippen molar-refractivity contribution in [2.24, 2.45) is 12.5 Å². The van der Waals surface area contributed by atoms with E-state index in [0.717, 1.165) is 12.1 Å². The van der Waals surface area contributed by atoms with Crippen LogP contribution in [0.3, 0.4) is 0 Å². The highest BCUT2D eigenvalue weighted by molar-refractivity contribution is 5.08. The van der Waals surface area contributed by atoms with Crippen LogP contribution in [-0.4, -0.2) is 15.0 Å². The lowest BCUT2D eigenvalue weighted by Crippen LogP contribution is -2.10. The molecule has 0 bridgehead atoms. The minimum atomic E-state index is 0.292. The van der Waals surface area contributed by atoms with Crippen molar-refractivity contribution in [1.82, 2.24) is 15.0 Å². The number of nitrogens with zero attached hydrogens (tertiary/aromatic N) is 3. The van der Waals surface area contributed by atoms with Crippen molar-refractivity contribution in [2.75, 3.05) is 0 Å². The second kappa shape index (κ2) is 2.88. The molecule has 3 nitrogen and oxygen atoms in total. The second-order valence-corrected chi connectivity index (χ2v) is 4.48. The first-order valence-electron chi connectivity index (χ1n) is 4.25. The van der Waals surface area contributed by atoms with Gasteiger partial charge < -0.3 is 0 Å². The summed E-state index contributed by atoms with van der Waals surface area (Å²) in [6.07, 6.45) is 0.993. The molecule has 0 amide bonds. The Kier molecular flexibility index (Phi) is 2.22. The zero-order chi connectivity index (χ0) is 9.35. The zero-order valence-corrected chi connectivity index (χ0v) is 8.55. The van der Waals surface area contributed by atoms with Crippen LogP contribution in [0.2, 0.25) is 0 Å². The topological polar surface area (TPSA) is 30.7 Å². The molecule has 1 rings (SSSR count). The van der Waals surface area contributed by atoms with Gasteiger partial charge in [0.05, 0.1) is 11.4 Å². The van der Waals surface area contributed by atoms with E-state index in [1.807, 2.05) is 11.7 Å². The molecule has 0 aromatic carbocycles. The van der Waals surface area contributed by atoms with Gasteiger partial charge in [0.1, 0.15) is 0 Å². The van der Waals surface area contributed by atoms with Gasteiger partial charge in [0.25, 0.3) is 0 Å². The molecule has 12 heavy (non-hydrogen) atoms. The molecule has 0 unspecified atom stereocenters. The molecular formula is C9H17N3. The zero-order valence-electron chi connectivity index (χ0n) is 8.55. The van der Waals surface area contributed by atoms with Crippen LogP contribution in [0.5, 0.6) is 0 Å². The smallest absolute Gasteiger partial charge is 0.0861 e. The molecule has 0 fully saturated rings. The van der Waals surface area contributed by atoms with Crippen molar-refractivity contribution in [3.05, 3.63) is 11.4 Å². The highest BCUT2D eigenvalue weighted by Gasteiger charge is 2.15. The lowest BCUT2D eigenvalue weighted by atomic mass is 9.90. The van der Waals surface area contributed by atoms with E-state index in [4.69, 9.17) is 0 Å². The highest BCUT2D eigenvalue weighted by atomic mass is 15.4. The Bertz CT molecular complexity index is 268. The molecule has 0 spiro atoms. The average molecular weight is 167 g/mol. The Morgan fingerprint density at radius 1 is 1.33 bits per heavy atom. The van der Waals surface area contributed by atoms with Gasteiger partial charge in [0.15, 0.2) is 0 Å². The number of rotatable bonds is 1. The fourth-order valence-corrected chi connectivity index (χ4v) is 1.11. The molecule has 1 aromatic rings. The SMILES string of the molecule is Cc1c(CC(C)(C)C)nnn1C. The third-order valence-corrected chi connectivity index (χ3v) is 1.90. The number of aromatic nitrogens is 3. The minimum absolute atomic E-state index is 0.292. The second-order valence-electron chi connectivity index (χ2n) is 4.48. The van der Waals surface area contributed by atoms with E-state index in [2.05, 4.69) is 38.0 Å². The van der Waals surface area contributed by atoms with Crippen LogP contribution in [0.15, 0.2) is 0 Å². The summed E-state index contributed by atoms with van der Waals surface area (Å²) in [5, 5.41) is 8.08. The van der Waals surface area contributed by atoms with Gasteiger partial charge in [0.2, 0.25) is 0 Å². The highest BCUT2D eigenvalue weighted by Crippen LogP contribution is 2.20. The van der Waals surface area contributed by atoms with Crippen molar-refractivity contribution in [2.45, 2.75) is 34.1 Å². The summed E-state index contributed by atoms with van der Waals surface area (Å²) < 4.78 is 1.82. The Hall–Kier alpha value is -0.860. The lowest BCUT2D eigenvalue weighted by Gasteiger charge is -2.16. The third-order valence-electron chi connectivity index (χ3n) is 1.90. The van der Waals surface area contributed by atoms with Crippen LogP contribution in [0.1, 0.15) is 32.2 Å². The van der Waals surface area contributed by atoms with E-state index in [9.17, 15) is 0 Å². The first kappa shape index (κ1) is 9.23. The predicted molar refractivity (Wildman–Crippen MR) is 48.9 cm³/mol. The molecule has 68 valence electrons. The Balaban J connectivity index is 2.83. The summed E-state index contributed by atoms with van der Waals surface area (Å²) in [6.45, 7) is 8.68. The third kappa shape index (κ3) is 2.06. The van der Waals surface area contributed by atoms with Crippen molar-refractivity contribution >= 4 is 0 Å². The van der Waals surface area contributed by atoms with Crippen LogP contribution in [-0.2, 0) is 13.5 Å². The minimum Gasteiger partial charge on any atom is -0.252 e. The number of hydrogen-bond acceptors (Lipinski definition) is 2. The molecule has 0 aliphatic carbocycles. The normalized spacial score (nSPS) is 12.1. The van der Waals surface area contributed by atoms with E-state index in [-0.39, 0.29) is 0 Å². The quantitative estimate of drug-likeness (QED) is 0.637. The maximum absolute atomic E-state index is 4.11. The van der Waals surface area contributed by atoms with E-state index in [0.29, 0.717) is 5.41 Å². The molecule has 1 heterocycles. The van der Waals surface area contributed by atoms with Crippen LogP contribution in [0.4, 0.5) is 0 Å². The molecule has 0 saturated heterocycles. The van der Waals surface area contributed by atoms with E-state index in [1.165, 1.54) is 5.69 Å². The summed E-state index contributed by atoms with van der Waals surface area (Å²) in [7, 11) is 1.93. The monoisotopic (exact) mass is 167 g/mol. The fraction of sp³-hybridized carbons (Fsp3) is 0.778. The largest absolute Gasteiger partial charge is 0.252 e. The maximum atomic E-state index is 4.11. The Morgan fingerprint density at radius 2 is 1.92 bits per heavy atom. The molecule has 0 aliphatic heterocycles. The van der Waals surface area contributed by atoms with Crippen LogP contribution < -0.4 is 0 Å². The maximum Gasteiger partial charge on any atom is 0.0861 e. The summed E-state index contributed by atoms with van der Waals surface area (Å²) >= 11 is 0. The number of aryl methyl sites for hydroxylation is 1. The predicted octanol–water partition coefficient (Wildman–Crippen LogP) is 1.71. The van der Waals surface area contributed by atoms with Gasteiger partial charge in [-0.25, -0.2) is 0 Å². The van der Waals surface area contributed by atoms with Gasteiger partial charge in [-0.2, -0.15) is 0 Å². The van der Waals surface area contributed by atoms with E-state index < -0.39 is 0 Å². The molecule has 0 atom stereocenters. The molecule has 0 aliphatic rings. The summed E-state index contributed by atoms with van der Waals surface area (Å²) in [4.78, 5) is 0. The molecule has 0 radical (unpaired) electrons. The van der Waals surface area contributed by atoms with Gasteiger partial charge in [-0.05, 0) is 18.8 Å². The van der Waals surface area contributed by atoms with Crippen molar-refractivity contribution in [3.63, 3.8) is 0 Å². The molecule has 0 N–H and O–H groups in total. The van der Waals surface area contributed by atoms with Crippen molar-refractivity contribution in [3.8, 4) is 0 Å². The summed E-state index contributed by atoms with van der Waals surface area (Å²) in [5.41, 5.74) is 2.58. The van der Waals surface area contributed by atoms with E-state index >= 15 is 0 Å². The van der Waals surface area contributed by atoms with Gasteiger partial charge in [-0.3, -0.25) is 4.68 Å². The van der Waals surface area contributed by atoms with Crippen molar-refractivity contribution < 1.29 is 0 Å². The first-order chi connectivity index (χ1) is 5.40. The summed E-state index contributed by atoms with van der Waals surface area (Å²) in [6, 6.07) is 0. The number of hydrogen-bond donors (Lipinski definition) is 0. The molecule has 1 aromatic heterocycles. The van der Waals surface area contributed by atoms with Crippen LogP contribution >= 0.6 is 0 Å². The Morgan fingerprint density at radius 3 is 2.25 bits per heavy atom. The van der Waals surface area contributed by atoms with Gasteiger partial charge >= 0.3 is 0 Å². The lowest BCUT2D eigenvalue weighted by molar-refractivity contribution is 0.405. The van der Waals surface area contributed by atoms with Gasteiger partial charge in [-0.1, -0.05) is 26.0 Å². The van der Waals surface area contributed by atoms with Crippen LogP contribution in [0.25, 0.3) is 0 Å². The standard InChI is InChI=1S/C9H17N3/c1-7-8(6-9(2,3)4)10-11-12(7)5/h6H2,1-5H3. The van der Waals surface area contributed by atoms with Gasteiger partial charge in [-0.15, -0.1) is 5.10 Å². The van der Waals surface area contributed by atoms with Gasteiger partial charge in [0, 0.05) is 7.05 Å².